The van der Waals surface area contributed by atoms with Crippen LogP contribution in [0.1, 0.15) is 18.4 Å². The minimum Gasteiger partial charge on any atom is -0.493 e. The lowest BCUT2D eigenvalue weighted by Gasteiger charge is -2.36. The van der Waals surface area contributed by atoms with Crippen molar-refractivity contribution in [3.8, 4) is 11.5 Å². The zero-order valence-electron chi connectivity index (χ0n) is 13.9. The second-order valence-electron chi connectivity index (χ2n) is 6.17. The van der Waals surface area contributed by atoms with Crippen LogP contribution >= 0.6 is 0 Å². The van der Waals surface area contributed by atoms with E-state index in [4.69, 9.17) is 9.47 Å². The van der Waals surface area contributed by atoms with Crippen molar-refractivity contribution in [1.29, 1.82) is 0 Å². The molecule has 0 N–H and O–H groups in total. The highest BCUT2D eigenvalue weighted by molar-refractivity contribution is 7.89. The third-order valence-corrected chi connectivity index (χ3v) is 6.86. The Morgan fingerprint density at radius 2 is 1.78 bits per heavy atom. The molecule has 2 aliphatic rings. The fraction of sp³-hybridized carbons (Fsp3) is 0.625. The number of piperazine rings is 1. The van der Waals surface area contributed by atoms with Gasteiger partial charge in [0.05, 0.1) is 19.1 Å². The van der Waals surface area contributed by atoms with E-state index in [-0.39, 0.29) is 0 Å². The van der Waals surface area contributed by atoms with Crippen LogP contribution in [0.4, 0.5) is 0 Å². The van der Waals surface area contributed by atoms with Gasteiger partial charge in [0.15, 0.2) is 11.5 Å². The molecule has 7 heteroatoms. The quantitative estimate of drug-likeness (QED) is 0.831. The van der Waals surface area contributed by atoms with Crippen LogP contribution in [0.3, 0.4) is 0 Å². The first kappa shape index (κ1) is 16.5. The van der Waals surface area contributed by atoms with Crippen molar-refractivity contribution < 1.29 is 17.9 Å². The number of benzene rings is 1. The molecule has 0 unspecified atom stereocenters. The predicted molar refractivity (Wildman–Crippen MR) is 87.6 cm³/mol. The standard InChI is InChI=1S/C16H24N2O4S/c1-12-9-14(21-2)15(22-3)10-16(12)23(19,20)18-8-7-17-6-4-5-13(17)11-18/h9-10,13H,4-8,11H2,1-3H3/t13-/m0/s1. The summed E-state index contributed by atoms with van der Waals surface area (Å²) in [4.78, 5) is 2.70. The van der Waals surface area contributed by atoms with Crippen molar-refractivity contribution in [2.24, 2.45) is 0 Å². The van der Waals surface area contributed by atoms with Crippen LogP contribution in [0.5, 0.6) is 11.5 Å². The molecule has 1 aromatic carbocycles. The summed E-state index contributed by atoms with van der Waals surface area (Å²) >= 11 is 0. The molecule has 0 radical (unpaired) electrons. The highest BCUT2D eigenvalue weighted by atomic mass is 32.2. The summed E-state index contributed by atoms with van der Waals surface area (Å²) < 4.78 is 38.3. The zero-order valence-corrected chi connectivity index (χ0v) is 14.7. The smallest absolute Gasteiger partial charge is 0.243 e. The molecule has 3 rings (SSSR count). The van der Waals surface area contributed by atoms with E-state index in [9.17, 15) is 8.42 Å². The number of hydrogen-bond donors (Lipinski definition) is 0. The summed E-state index contributed by atoms with van der Waals surface area (Å²) in [6.07, 6.45) is 2.24. The first-order valence-electron chi connectivity index (χ1n) is 7.94. The molecule has 0 aromatic heterocycles. The van der Waals surface area contributed by atoms with E-state index in [0.717, 1.165) is 25.9 Å². The third kappa shape index (κ3) is 2.93. The van der Waals surface area contributed by atoms with Crippen molar-refractivity contribution in [3.63, 3.8) is 0 Å². The van der Waals surface area contributed by atoms with Gasteiger partial charge in [-0.25, -0.2) is 8.42 Å². The molecule has 2 fully saturated rings. The topological polar surface area (TPSA) is 59.1 Å². The fourth-order valence-corrected chi connectivity index (χ4v) is 5.25. The van der Waals surface area contributed by atoms with E-state index < -0.39 is 10.0 Å². The molecule has 1 atom stereocenters. The van der Waals surface area contributed by atoms with Gasteiger partial charge >= 0.3 is 0 Å². The number of methoxy groups -OCH3 is 2. The van der Waals surface area contributed by atoms with Gasteiger partial charge in [0.25, 0.3) is 0 Å². The van der Waals surface area contributed by atoms with Crippen molar-refractivity contribution in [3.05, 3.63) is 17.7 Å². The minimum absolute atomic E-state index is 0.307. The molecule has 2 heterocycles. The summed E-state index contributed by atoms with van der Waals surface area (Å²) in [5.41, 5.74) is 0.677. The van der Waals surface area contributed by atoms with Gasteiger partial charge in [-0.15, -0.1) is 0 Å². The number of ether oxygens (including phenoxy) is 2. The molecule has 2 saturated heterocycles. The lowest BCUT2D eigenvalue weighted by Crippen LogP contribution is -2.51. The highest BCUT2D eigenvalue weighted by Crippen LogP contribution is 2.34. The second-order valence-corrected chi connectivity index (χ2v) is 8.07. The Morgan fingerprint density at radius 1 is 1.09 bits per heavy atom. The Kier molecular flexibility index (Phi) is 4.53. The number of hydrogen-bond acceptors (Lipinski definition) is 5. The molecule has 0 amide bonds. The minimum atomic E-state index is -3.52. The van der Waals surface area contributed by atoms with Crippen molar-refractivity contribution in [1.82, 2.24) is 9.21 Å². The zero-order chi connectivity index (χ0) is 16.6. The molecule has 2 aliphatic heterocycles. The molecule has 1 aromatic rings. The molecule has 0 saturated carbocycles. The Bertz CT molecular complexity index is 690. The van der Waals surface area contributed by atoms with Gasteiger partial charge in [0.2, 0.25) is 10.0 Å². The number of aryl methyl sites for hydroxylation is 1. The lowest BCUT2D eigenvalue weighted by molar-refractivity contribution is 0.158. The van der Waals surface area contributed by atoms with E-state index in [1.165, 1.54) is 7.11 Å². The lowest BCUT2D eigenvalue weighted by atomic mass is 10.2. The molecule has 0 bridgehead atoms. The monoisotopic (exact) mass is 340 g/mol. The average molecular weight is 340 g/mol. The fourth-order valence-electron chi connectivity index (χ4n) is 3.56. The Balaban J connectivity index is 1.93. The SMILES string of the molecule is COc1cc(C)c(S(=O)(=O)N2CCN3CCC[C@H]3C2)cc1OC. The predicted octanol–water partition coefficient (Wildman–Crippen LogP) is 1.48. The van der Waals surface area contributed by atoms with Crippen LogP contribution in [-0.4, -0.2) is 64.1 Å². The molecule has 23 heavy (non-hydrogen) atoms. The number of rotatable bonds is 4. The number of nitrogens with zero attached hydrogens (tertiary/aromatic N) is 2. The van der Waals surface area contributed by atoms with E-state index in [0.29, 0.717) is 41.1 Å². The van der Waals surface area contributed by atoms with Gasteiger partial charge < -0.3 is 9.47 Å². The summed E-state index contributed by atoms with van der Waals surface area (Å²) in [6.45, 7) is 4.83. The number of fused-ring (bicyclic) bond motifs is 1. The highest BCUT2D eigenvalue weighted by Gasteiger charge is 2.37. The van der Waals surface area contributed by atoms with Crippen LogP contribution in [0.2, 0.25) is 0 Å². The van der Waals surface area contributed by atoms with Crippen LogP contribution in [0, 0.1) is 6.92 Å². The normalized spacial score (nSPS) is 22.8. The molecule has 0 spiro atoms. The van der Waals surface area contributed by atoms with Crippen molar-refractivity contribution in [2.75, 3.05) is 40.4 Å². The van der Waals surface area contributed by atoms with E-state index in [1.54, 1.807) is 30.5 Å². The van der Waals surface area contributed by atoms with Crippen LogP contribution < -0.4 is 9.47 Å². The molecule has 128 valence electrons. The van der Waals surface area contributed by atoms with Crippen molar-refractivity contribution in [2.45, 2.75) is 30.7 Å². The molecular formula is C16H24N2O4S. The molecule has 0 aliphatic carbocycles. The van der Waals surface area contributed by atoms with Gasteiger partial charge in [-0.05, 0) is 37.9 Å². The Hall–Kier alpha value is -1.31. The summed E-state index contributed by atoms with van der Waals surface area (Å²) in [6, 6.07) is 3.65. The summed E-state index contributed by atoms with van der Waals surface area (Å²) in [5.74, 6) is 0.987. The van der Waals surface area contributed by atoms with Crippen LogP contribution in [0.15, 0.2) is 17.0 Å². The van der Waals surface area contributed by atoms with Gasteiger partial charge in [-0.2, -0.15) is 4.31 Å². The second kappa shape index (κ2) is 6.30. The van der Waals surface area contributed by atoms with Crippen molar-refractivity contribution >= 4 is 10.0 Å². The van der Waals surface area contributed by atoms with E-state index in [1.807, 2.05) is 0 Å². The number of sulfonamides is 1. The summed E-state index contributed by atoms with van der Waals surface area (Å²) in [5, 5.41) is 0. The maximum atomic E-state index is 13.1. The van der Waals surface area contributed by atoms with Crippen LogP contribution in [-0.2, 0) is 10.0 Å². The molecule has 6 nitrogen and oxygen atoms in total. The molecular weight excluding hydrogens is 316 g/mol. The van der Waals surface area contributed by atoms with Gasteiger partial charge in [-0.1, -0.05) is 0 Å². The Labute approximate surface area is 138 Å². The van der Waals surface area contributed by atoms with E-state index in [2.05, 4.69) is 4.90 Å². The van der Waals surface area contributed by atoms with Gasteiger partial charge in [0, 0.05) is 31.7 Å². The summed E-state index contributed by atoms with van der Waals surface area (Å²) in [7, 11) is -0.457. The largest absolute Gasteiger partial charge is 0.493 e. The maximum absolute atomic E-state index is 13.1. The third-order valence-electron chi connectivity index (χ3n) is 4.85. The van der Waals surface area contributed by atoms with E-state index >= 15 is 0 Å². The first-order chi connectivity index (χ1) is 11.0. The average Bonchev–Trinajstić information content (AvgIpc) is 3.01. The maximum Gasteiger partial charge on any atom is 0.243 e. The van der Waals surface area contributed by atoms with Gasteiger partial charge in [-0.3, -0.25) is 4.90 Å². The Morgan fingerprint density at radius 3 is 2.48 bits per heavy atom. The van der Waals surface area contributed by atoms with Crippen LogP contribution in [0.25, 0.3) is 0 Å². The first-order valence-corrected chi connectivity index (χ1v) is 9.38. The van der Waals surface area contributed by atoms with Gasteiger partial charge in [0.1, 0.15) is 0 Å².